The second-order valence-electron chi connectivity index (χ2n) is 6.70. The van der Waals surface area contributed by atoms with Crippen molar-refractivity contribution in [3.8, 4) is 5.75 Å². The molecule has 2 heterocycles. The van der Waals surface area contributed by atoms with Gasteiger partial charge in [0.05, 0.1) is 24.6 Å². The zero-order valence-corrected chi connectivity index (χ0v) is 18.5. The lowest BCUT2D eigenvalue weighted by atomic mass is 10.2. The van der Waals surface area contributed by atoms with Crippen molar-refractivity contribution in [1.29, 1.82) is 0 Å². The van der Waals surface area contributed by atoms with Crippen molar-refractivity contribution < 1.29 is 14.3 Å². The van der Waals surface area contributed by atoms with Crippen LogP contribution in [0.1, 0.15) is 34.7 Å². The van der Waals surface area contributed by atoms with E-state index in [4.69, 9.17) is 31.0 Å². The maximum absolute atomic E-state index is 11.4. The highest BCUT2D eigenvalue weighted by atomic mass is 35.5. The molecule has 0 spiro atoms. The molecule has 0 amide bonds. The summed E-state index contributed by atoms with van der Waals surface area (Å²) in [6.45, 7) is 4.75. The molecule has 0 unspecified atom stereocenters. The molecule has 3 aromatic rings. The number of carbonyl (C=O) groups is 1. The van der Waals surface area contributed by atoms with Gasteiger partial charge in [-0.05, 0) is 43.5 Å². The number of carbonyl (C=O) groups excluding carboxylic acids is 1. The monoisotopic (exact) mass is 433 g/mol. The quantitative estimate of drug-likeness (QED) is 0.499. The van der Waals surface area contributed by atoms with Crippen LogP contribution in [-0.4, -0.2) is 30.2 Å². The number of fused-ring (bicyclic) bond motifs is 1. The van der Waals surface area contributed by atoms with E-state index in [1.54, 1.807) is 18.4 Å². The molecule has 8 heteroatoms. The van der Waals surface area contributed by atoms with Crippen LogP contribution in [0.2, 0.25) is 5.02 Å². The van der Waals surface area contributed by atoms with E-state index in [0.29, 0.717) is 36.6 Å². The lowest BCUT2D eigenvalue weighted by molar-refractivity contribution is -0.140. The van der Waals surface area contributed by atoms with Gasteiger partial charge in [-0.2, -0.15) is 0 Å². The molecule has 1 N–H and O–H groups in total. The molecule has 0 saturated carbocycles. The Hall–Kier alpha value is -2.38. The third-order valence-electron chi connectivity index (χ3n) is 4.76. The number of esters is 1. The zero-order valence-electron chi connectivity index (χ0n) is 17.0. The van der Waals surface area contributed by atoms with Gasteiger partial charge in [0.2, 0.25) is 0 Å². The Kier molecular flexibility index (Phi) is 6.92. The summed E-state index contributed by atoms with van der Waals surface area (Å²) in [5, 5.41) is 5.06. The van der Waals surface area contributed by atoms with Crippen LogP contribution < -0.4 is 10.1 Å². The lowest BCUT2D eigenvalue weighted by Gasteiger charge is -2.11. The van der Waals surface area contributed by atoms with E-state index in [1.165, 1.54) is 17.6 Å². The number of hydrogen-bond donors (Lipinski definition) is 1. The van der Waals surface area contributed by atoms with Crippen molar-refractivity contribution in [2.45, 2.75) is 39.7 Å². The fourth-order valence-corrected chi connectivity index (χ4v) is 4.36. The first-order valence-corrected chi connectivity index (χ1v) is 10.5. The Morgan fingerprint density at radius 3 is 2.72 bits per heavy atom. The summed E-state index contributed by atoms with van der Waals surface area (Å²) >= 11 is 7.90. The van der Waals surface area contributed by atoms with E-state index in [1.807, 2.05) is 18.2 Å². The summed E-state index contributed by atoms with van der Waals surface area (Å²) < 4.78 is 9.92. The topological polar surface area (TPSA) is 73.3 Å². The molecule has 154 valence electrons. The molecule has 0 aliphatic rings. The normalized spacial score (nSPS) is 10.9. The number of ether oxygens (including phenoxy) is 2. The minimum atomic E-state index is -0.219. The Morgan fingerprint density at radius 2 is 2.03 bits per heavy atom. The number of aromatic nitrogens is 2. The second-order valence-corrected chi connectivity index (χ2v) is 8.31. The van der Waals surface area contributed by atoms with Gasteiger partial charge in [-0.25, -0.2) is 9.97 Å². The van der Waals surface area contributed by atoms with E-state index in [2.05, 4.69) is 19.2 Å². The Labute approximate surface area is 179 Å². The number of thiophene rings is 1. The fraction of sp³-hybridized carbons (Fsp3) is 0.381. The highest BCUT2D eigenvalue weighted by Gasteiger charge is 2.15. The molecule has 29 heavy (non-hydrogen) atoms. The van der Waals surface area contributed by atoms with E-state index >= 15 is 0 Å². The first kappa shape index (κ1) is 21.3. The molecule has 0 bridgehead atoms. The molecule has 0 fully saturated rings. The summed E-state index contributed by atoms with van der Waals surface area (Å²) in [5.74, 6) is 1.95. The number of hydrogen-bond acceptors (Lipinski definition) is 7. The highest BCUT2D eigenvalue weighted by molar-refractivity contribution is 7.18. The number of anilines is 1. The third-order valence-corrected chi connectivity index (χ3v) is 6.16. The summed E-state index contributed by atoms with van der Waals surface area (Å²) in [4.78, 5) is 23.0. The summed E-state index contributed by atoms with van der Waals surface area (Å²) in [7, 11) is 3.00. The molecule has 0 aliphatic carbocycles. The van der Waals surface area contributed by atoms with Crippen molar-refractivity contribution in [2.75, 3.05) is 19.5 Å². The molecule has 0 saturated heterocycles. The maximum Gasteiger partial charge on any atom is 0.305 e. The van der Waals surface area contributed by atoms with Crippen LogP contribution in [0.4, 0.5) is 5.82 Å². The first-order chi connectivity index (χ1) is 13.9. The smallest absolute Gasteiger partial charge is 0.305 e. The van der Waals surface area contributed by atoms with Gasteiger partial charge >= 0.3 is 5.97 Å². The van der Waals surface area contributed by atoms with Crippen molar-refractivity contribution in [3.63, 3.8) is 0 Å². The summed E-state index contributed by atoms with van der Waals surface area (Å²) in [6.07, 6.45) is 1.62. The lowest BCUT2D eigenvalue weighted by Crippen LogP contribution is -2.07. The largest absolute Gasteiger partial charge is 0.495 e. The van der Waals surface area contributed by atoms with Crippen LogP contribution in [0, 0.1) is 13.8 Å². The molecule has 2 aromatic heterocycles. The minimum absolute atomic E-state index is 0.219. The van der Waals surface area contributed by atoms with Gasteiger partial charge in [-0.1, -0.05) is 17.7 Å². The number of benzene rings is 1. The molecule has 0 radical (unpaired) electrons. The Balaban J connectivity index is 1.84. The van der Waals surface area contributed by atoms with Crippen LogP contribution in [0.5, 0.6) is 5.75 Å². The SMILES string of the molecule is COC(=O)CCCc1nc(NCc2ccc(OC)c(Cl)c2)c2c(C)c(C)sc2n1. The van der Waals surface area contributed by atoms with Crippen molar-refractivity contribution >= 4 is 44.9 Å². The van der Waals surface area contributed by atoms with E-state index in [-0.39, 0.29) is 5.97 Å². The number of rotatable bonds is 8. The number of nitrogens with zero attached hydrogens (tertiary/aromatic N) is 2. The summed E-state index contributed by atoms with van der Waals surface area (Å²) in [5.41, 5.74) is 2.21. The number of nitrogens with one attached hydrogen (secondary N) is 1. The molecule has 0 aliphatic heterocycles. The zero-order chi connectivity index (χ0) is 21.0. The number of halogens is 1. The van der Waals surface area contributed by atoms with Crippen LogP contribution in [0.3, 0.4) is 0 Å². The summed E-state index contributed by atoms with van der Waals surface area (Å²) in [6, 6.07) is 5.71. The van der Waals surface area contributed by atoms with Crippen LogP contribution in [-0.2, 0) is 22.5 Å². The molecular weight excluding hydrogens is 410 g/mol. The van der Waals surface area contributed by atoms with Gasteiger partial charge < -0.3 is 14.8 Å². The molecule has 0 atom stereocenters. The standard InChI is InChI=1S/C21H24ClN3O3S/c1-12-13(2)29-21-19(12)20(24-17(25-21)6-5-7-18(26)28-4)23-11-14-8-9-16(27-3)15(22)10-14/h8-10H,5-7,11H2,1-4H3,(H,23,24,25). The predicted octanol–water partition coefficient (Wildman–Crippen LogP) is 5.08. The van der Waals surface area contributed by atoms with E-state index < -0.39 is 0 Å². The number of aryl methyl sites for hydroxylation is 3. The third kappa shape index (κ3) is 4.97. The molecule has 6 nitrogen and oxygen atoms in total. The van der Waals surface area contributed by atoms with E-state index in [0.717, 1.165) is 27.4 Å². The van der Waals surface area contributed by atoms with Crippen LogP contribution in [0.15, 0.2) is 18.2 Å². The average molecular weight is 434 g/mol. The van der Waals surface area contributed by atoms with Gasteiger partial charge in [0, 0.05) is 24.3 Å². The highest BCUT2D eigenvalue weighted by Crippen LogP contribution is 2.34. The van der Waals surface area contributed by atoms with Crippen LogP contribution >= 0.6 is 22.9 Å². The Bertz CT molecular complexity index is 1040. The Morgan fingerprint density at radius 1 is 1.24 bits per heavy atom. The molecule has 3 rings (SSSR count). The molecule has 1 aromatic carbocycles. The van der Waals surface area contributed by atoms with Crippen molar-refractivity contribution in [3.05, 3.63) is 45.1 Å². The average Bonchev–Trinajstić information content (AvgIpc) is 2.99. The van der Waals surface area contributed by atoms with Gasteiger partial charge in [0.1, 0.15) is 22.2 Å². The second kappa shape index (κ2) is 9.41. The van der Waals surface area contributed by atoms with Crippen molar-refractivity contribution in [1.82, 2.24) is 9.97 Å². The number of methoxy groups -OCH3 is 2. The first-order valence-electron chi connectivity index (χ1n) is 9.32. The predicted molar refractivity (Wildman–Crippen MR) is 117 cm³/mol. The van der Waals surface area contributed by atoms with Gasteiger partial charge in [0.15, 0.2) is 0 Å². The molecular formula is C21H24ClN3O3S. The minimum Gasteiger partial charge on any atom is -0.495 e. The van der Waals surface area contributed by atoms with Gasteiger partial charge in [0.25, 0.3) is 0 Å². The fourth-order valence-electron chi connectivity index (χ4n) is 3.03. The van der Waals surface area contributed by atoms with Gasteiger partial charge in [-0.3, -0.25) is 4.79 Å². The van der Waals surface area contributed by atoms with Crippen molar-refractivity contribution in [2.24, 2.45) is 0 Å². The van der Waals surface area contributed by atoms with E-state index in [9.17, 15) is 4.79 Å². The van der Waals surface area contributed by atoms with Crippen LogP contribution in [0.25, 0.3) is 10.2 Å². The van der Waals surface area contributed by atoms with Gasteiger partial charge in [-0.15, -0.1) is 11.3 Å². The maximum atomic E-state index is 11.4.